The van der Waals surface area contributed by atoms with Crippen molar-refractivity contribution < 1.29 is 9.47 Å². The van der Waals surface area contributed by atoms with Crippen LogP contribution in [-0.2, 0) is 11.2 Å². The number of fused-ring (bicyclic) bond motifs is 1. The summed E-state index contributed by atoms with van der Waals surface area (Å²) >= 11 is 0. The molecule has 3 rings (SSSR count). The van der Waals surface area contributed by atoms with E-state index in [2.05, 4.69) is 28.1 Å². The third kappa shape index (κ3) is 2.26. The van der Waals surface area contributed by atoms with Crippen molar-refractivity contribution in [2.24, 2.45) is 10.7 Å². The maximum Gasteiger partial charge on any atom is 0.192 e. The van der Waals surface area contributed by atoms with Gasteiger partial charge in [0.2, 0.25) is 0 Å². The molecule has 0 radical (unpaired) electrons. The Hall–Kier alpha value is -1.75. The summed E-state index contributed by atoms with van der Waals surface area (Å²) < 4.78 is 10.7. The van der Waals surface area contributed by atoms with Gasteiger partial charge in [-0.05, 0) is 23.3 Å². The fraction of sp³-hybridized carbons (Fsp3) is 0.500. The van der Waals surface area contributed by atoms with Crippen LogP contribution in [0.2, 0.25) is 0 Å². The molecule has 0 fully saturated rings. The molecule has 1 atom stereocenters. The Labute approximate surface area is 113 Å². The Morgan fingerprint density at radius 1 is 1.53 bits per heavy atom. The first-order chi connectivity index (χ1) is 9.29. The number of ether oxygens (including phenoxy) is 2. The van der Waals surface area contributed by atoms with Gasteiger partial charge in [0.1, 0.15) is 5.75 Å². The monoisotopic (exact) mass is 261 g/mol. The summed E-state index contributed by atoms with van der Waals surface area (Å²) in [5, 5.41) is 0. The van der Waals surface area contributed by atoms with Gasteiger partial charge in [0.05, 0.1) is 25.8 Å². The number of hydrogen-bond acceptors (Lipinski definition) is 5. The van der Waals surface area contributed by atoms with E-state index >= 15 is 0 Å². The van der Waals surface area contributed by atoms with Gasteiger partial charge in [0.15, 0.2) is 5.96 Å². The summed E-state index contributed by atoms with van der Waals surface area (Å²) in [4.78, 5) is 6.47. The molecule has 1 aromatic carbocycles. The molecule has 1 aromatic rings. The third-order valence-corrected chi connectivity index (χ3v) is 3.73. The molecular weight excluding hydrogens is 242 g/mol. The van der Waals surface area contributed by atoms with Crippen molar-refractivity contribution in [1.29, 1.82) is 0 Å². The van der Waals surface area contributed by atoms with Crippen LogP contribution in [0.5, 0.6) is 5.75 Å². The van der Waals surface area contributed by atoms with Crippen LogP contribution in [0.3, 0.4) is 0 Å². The molecule has 2 aliphatic heterocycles. The number of benzene rings is 1. The third-order valence-electron chi connectivity index (χ3n) is 3.73. The largest absolute Gasteiger partial charge is 0.493 e. The summed E-state index contributed by atoms with van der Waals surface area (Å²) in [6.45, 7) is 2.93. The predicted octanol–water partition coefficient (Wildman–Crippen LogP) is 0.939. The Morgan fingerprint density at radius 2 is 2.42 bits per heavy atom. The standard InChI is InChI=1S/C14H19N3O2/c1-18-7-5-17-12(9-16-14(17)15)10-2-3-13-11(8-10)4-6-19-13/h2-3,8,12H,4-7,9H2,1H3,(H2,15,16). The first-order valence-corrected chi connectivity index (χ1v) is 6.60. The second kappa shape index (κ2) is 5.09. The number of aliphatic imine (C=N–C) groups is 1. The van der Waals surface area contributed by atoms with Crippen molar-refractivity contribution in [3.8, 4) is 5.75 Å². The molecule has 0 amide bonds. The maximum absolute atomic E-state index is 5.96. The van der Waals surface area contributed by atoms with Crippen molar-refractivity contribution in [1.82, 2.24) is 4.90 Å². The second-order valence-electron chi connectivity index (χ2n) is 4.87. The van der Waals surface area contributed by atoms with E-state index in [1.807, 2.05) is 0 Å². The summed E-state index contributed by atoms with van der Waals surface area (Å²) in [6.07, 6.45) is 0.990. The molecule has 19 heavy (non-hydrogen) atoms. The average Bonchev–Trinajstić information content (AvgIpc) is 3.02. The molecule has 0 saturated carbocycles. The van der Waals surface area contributed by atoms with Gasteiger partial charge in [-0.3, -0.25) is 4.99 Å². The molecule has 0 aromatic heterocycles. The minimum atomic E-state index is 0.223. The first kappa shape index (κ1) is 12.3. The van der Waals surface area contributed by atoms with E-state index in [1.54, 1.807) is 7.11 Å². The van der Waals surface area contributed by atoms with Gasteiger partial charge in [-0.1, -0.05) is 6.07 Å². The van der Waals surface area contributed by atoms with Crippen molar-refractivity contribution in [2.75, 3.05) is 33.4 Å². The molecule has 0 aliphatic carbocycles. The van der Waals surface area contributed by atoms with Crippen LogP contribution in [-0.4, -0.2) is 44.3 Å². The fourth-order valence-corrected chi connectivity index (χ4v) is 2.69. The Bertz CT molecular complexity index is 501. The van der Waals surface area contributed by atoms with Gasteiger partial charge >= 0.3 is 0 Å². The quantitative estimate of drug-likeness (QED) is 0.876. The molecular formula is C14H19N3O2. The van der Waals surface area contributed by atoms with E-state index in [9.17, 15) is 0 Å². The van der Waals surface area contributed by atoms with E-state index in [-0.39, 0.29) is 6.04 Å². The first-order valence-electron chi connectivity index (χ1n) is 6.60. The molecule has 0 bridgehead atoms. The van der Waals surface area contributed by atoms with Crippen LogP contribution >= 0.6 is 0 Å². The van der Waals surface area contributed by atoms with E-state index in [0.29, 0.717) is 12.6 Å². The van der Waals surface area contributed by atoms with Crippen LogP contribution in [0, 0.1) is 0 Å². The molecule has 5 nitrogen and oxygen atoms in total. The molecule has 5 heteroatoms. The van der Waals surface area contributed by atoms with E-state index in [1.165, 1.54) is 11.1 Å². The van der Waals surface area contributed by atoms with Crippen LogP contribution in [0.4, 0.5) is 0 Å². The smallest absolute Gasteiger partial charge is 0.192 e. The summed E-state index contributed by atoms with van der Waals surface area (Å²) in [6, 6.07) is 6.62. The highest BCUT2D eigenvalue weighted by molar-refractivity contribution is 5.80. The zero-order chi connectivity index (χ0) is 13.2. The molecule has 0 saturated heterocycles. The number of hydrogen-bond donors (Lipinski definition) is 1. The topological polar surface area (TPSA) is 60.1 Å². The van der Waals surface area contributed by atoms with Gasteiger partial charge < -0.3 is 20.1 Å². The lowest BCUT2D eigenvalue weighted by Gasteiger charge is -2.26. The van der Waals surface area contributed by atoms with E-state index < -0.39 is 0 Å². The van der Waals surface area contributed by atoms with Crippen LogP contribution < -0.4 is 10.5 Å². The summed E-state index contributed by atoms with van der Waals surface area (Å²) in [5.41, 5.74) is 8.50. The highest BCUT2D eigenvalue weighted by Gasteiger charge is 2.28. The minimum absolute atomic E-state index is 0.223. The van der Waals surface area contributed by atoms with Crippen LogP contribution in [0.15, 0.2) is 23.2 Å². The van der Waals surface area contributed by atoms with Crippen molar-refractivity contribution in [3.63, 3.8) is 0 Å². The fourth-order valence-electron chi connectivity index (χ4n) is 2.69. The lowest BCUT2D eigenvalue weighted by Crippen LogP contribution is -2.38. The molecule has 102 valence electrons. The van der Waals surface area contributed by atoms with E-state index in [0.717, 1.165) is 31.9 Å². The van der Waals surface area contributed by atoms with Gasteiger partial charge in [-0.25, -0.2) is 0 Å². The summed E-state index contributed by atoms with van der Waals surface area (Å²) in [7, 11) is 1.70. The number of rotatable bonds is 4. The maximum atomic E-state index is 5.96. The van der Waals surface area contributed by atoms with Crippen LogP contribution in [0.1, 0.15) is 17.2 Å². The van der Waals surface area contributed by atoms with Gasteiger partial charge in [0.25, 0.3) is 0 Å². The van der Waals surface area contributed by atoms with Crippen molar-refractivity contribution in [2.45, 2.75) is 12.5 Å². The van der Waals surface area contributed by atoms with E-state index in [4.69, 9.17) is 15.2 Å². The Morgan fingerprint density at radius 3 is 3.26 bits per heavy atom. The lowest BCUT2D eigenvalue weighted by atomic mass is 10.0. The van der Waals surface area contributed by atoms with Crippen molar-refractivity contribution >= 4 is 5.96 Å². The van der Waals surface area contributed by atoms with Gasteiger partial charge in [0, 0.05) is 20.1 Å². The zero-order valence-corrected chi connectivity index (χ0v) is 11.1. The molecule has 1 unspecified atom stereocenters. The predicted molar refractivity (Wildman–Crippen MR) is 73.5 cm³/mol. The highest BCUT2D eigenvalue weighted by atomic mass is 16.5. The van der Waals surface area contributed by atoms with Crippen molar-refractivity contribution in [3.05, 3.63) is 29.3 Å². The molecule has 2 N–H and O–H groups in total. The normalized spacial score (nSPS) is 21.2. The van der Waals surface area contributed by atoms with Gasteiger partial charge in [-0.2, -0.15) is 0 Å². The summed E-state index contributed by atoms with van der Waals surface area (Å²) in [5.74, 6) is 1.62. The Balaban J connectivity index is 1.81. The lowest BCUT2D eigenvalue weighted by molar-refractivity contribution is 0.166. The zero-order valence-electron chi connectivity index (χ0n) is 11.1. The number of methoxy groups -OCH3 is 1. The average molecular weight is 261 g/mol. The molecule has 2 aliphatic rings. The van der Waals surface area contributed by atoms with Crippen LogP contribution in [0.25, 0.3) is 0 Å². The molecule has 0 spiro atoms. The molecule has 2 heterocycles. The highest BCUT2D eigenvalue weighted by Crippen LogP contribution is 2.31. The second-order valence-corrected chi connectivity index (χ2v) is 4.87. The minimum Gasteiger partial charge on any atom is -0.493 e. The number of nitrogens with two attached hydrogens (primary N) is 1. The SMILES string of the molecule is COCCN1C(N)=NCC1c1ccc2c(c1)CCO2. The van der Waals surface area contributed by atoms with Gasteiger partial charge in [-0.15, -0.1) is 0 Å². The number of guanidine groups is 1. The number of nitrogens with zero attached hydrogens (tertiary/aromatic N) is 2. The Kier molecular flexibility index (Phi) is 3.29.